The molecule has 116 valence electrons. The van der Waals surface area contributed by atoms with Gasteiger partial charge in [-0.1, -0.05) is 18.2 Å². The van der Waals surface area contributed by atoms with E-state index in [-0.39, 0.29) is 17.3 Å². The smallest absolute Gasteiger partial charge is 0.244 e. The van der Waals surface area contributed by atoms with Crippen molar-refractivity contribution in [3.8, 4) is 0 Å². The molecule has 0 saturated heterocycles. The molecular formula is C15H16N2O3S2. The van der Waals surface area contributed by atoms with Crippen LogP contribution < -0.4 is 10.0 Å². The fraction of sp³-hybridized carbons (Fsp3) is 0.133. The molecule has 2 rings (SSSR count). The number of nitrogens with one attached hydrogen (secondary N) is 2. The van der Waals surface area contributed by atoms with Crippen LogP contribution in [0, 0.1) is 0 Å². The highest BCUT2D eigenvalue weighted by Crippen LogP contribution is 2.11. The van der Waals surface area contributed by atoms with E-state index >= 15 is 0 Å². The van der Waals surface area contributed by atoms with Crippen molar-refractivity contribution >= 4 is 33.3 Å². The van der Waals surface area contributed by atoms with Crippen LogP contribution in [0.25, 0.3) is 6.08 Å². The Morgan fingerprint density at radius 1 is 1.27 bits per heavy atom. The molecule has 0 unspecified atom stereocenters. The van der Waals surface area contributed by atoms with Gasteiger partial charge in [-0.25, -0.2) is 13.1 Å². The lowest BCUT2D eigenvalue weighted by Gasteiger charge is -2.06. The van der Waals surface area contributed by atoms with Gasteiger partial charge in [0.15, 0.2) is 0 Å². The Kier molecular flexibility index (Phi) is 5.48. The van der Waals surface area contributed by atoms with Gasteiger partial charge in [-0.3, -0.25) is 4.79 Å². The van der Waals surface area contributed by atoms with Gasteiger partial charge in [0, 0.05) is 17.5 Å². The number of thiophene rings is 1. The first-order chi connectivity index (χ1) is 10.5. The van der Waals surface area contributed by atoms with Crippen molar-refractivity contribution in [2.24, 2.45) is 0 Å². The van der Waals surface area contributed by atoms with Crippen LogP contribution in [0.1, 0.15) is 10.4 Å². The number of rotatable bonds is 6. The minimum atomic E-state index is -3.47. The second kappa shape index (κ2) is 7.35. The molecule has 0 aliphatic heterocycles. The maximum Gasteiger partial charge on any atom is 0.244 e. The van der Waals surface area contributed by atoms with E-state index in [4.69, 9.17) is 0 Å². The largest absolute Gasteiger partial charge is 0.348 e. The number of amides is 1. The third kappa shape index (κ3) is 4.52. The van der Waals surface area contributed by atoms with E-state index in [1.54, 1.807) is 29.5 Å². The molecule has 7 heteroatoms. The maximum atomic E-state index is 11.7. The Labute approximate surface area is 133 Å². The van der Waals surface area contributed by atoms with E-state index in [1.807, 2.05) is 17.5 Å². The van der Waals surface area contributed by atoms with Crippen LogP contribution in [0.4, 0.5) is 0 Å². The zero-order valence-electron chi connectivity index (χ0n) is 11.9. The summed E-state index contributed by atoms with van der Waals surface area (Å²) in [6.07, 6.45) is 3.20. The molecule has 0 aliphatic carbocycles. The predicted octanol–water partition coefficient (Wildman–Crippen LogP) is 1.99. The first-order valence-corrected chi connectivity index (χ1v) is 8.89. The molecule has 2 aromatic rings. The molecule has 0 aliphatic rings. The molecule has 0 fully saturated rings. The highest BCUT2D eigenvalue weighted by molar-refractivity contribution is 7.89. The molecular weight excluding hydrogens is 320 g/mol. The minimum Gasteiger partial charge on any atom is -0.348 e. The van der Waals surface area contributed by atoms with Gasteiger partial charge in [0.1, 0.15) is 0 Å². The summed E-state index contributed by atoms with van der Waals surface area (Å²) >= 11 is 1.55. The number of sulfonamides is 1. The summed E-state index contributed by atoms with van der Waals surface area (Å²) < 4.78 is 25.7. The monoisotopic (exact) mass is 336 g/mol. The molecule has 1 heterocycles. The molecule has 2 N–H and O–H groups in total. The van der Waals surface area contributed by atoms with Crippen LogP contribution in [0.5, 0.6) is 0 Å². The Bertz CT molecular complexity index is 766. The molecule has 0 saturated carbocycles. The van der Waals surface area contributed by atoms with Crippen molar-refractivity contribution in [3.63, 3.8) is 0 Å². The third-order valence-electron chi connectivity index (χ3n) is 2.89. The average Bonchev–Trinajstić information content (AvgIpc) is 3.04. The van der Waals surface area contributed by atoms with Gasteiger partial charge in [-0.2, -0.15) is 0 Å². The van der Waals surface area contributed by atoms with Crippen molar-refractivity contribution in [1.82, 2.24) is 10.0 Å². The summed E-state index contributed by atoms with van der Waals surface area (Å²) in [5, 5.41) is 4.66. The lowest BCUT2D eigenvalue weighted by molar-refractivity contribution is -0.116. The summed E-state index contributed by atoms with van der Waals surface area (Å²) in [5.41, 5.74) is 0.717. The van der Waals surface area contributed by atoms with Crippen LogP contribution in [0.3, 0.4) is 0 Å². The van der Waals surface area contributed by atoms with Crippen LogP contribution in [-0.4, -0.2) is 21.4 Å². The molecule has 1 amide bonds. The summed E-state index contributed by atoms with van der Waals surface area (Å²) in [7, 11) is -2.11. The number of carbonyl (C=O) groups is 1. The van der Waals surface area contributed by atoms with Crippen molar-refractivity contribution < 1.29 is 13.2 Å². The molecule has 5 nitrogen and oxygen atoms in total. The topological polar surface area (TPSA) is 75.3 Å². The first kappa shape index (κ1) is 16.4. The van der Waals surface area contributed by atoms with Gasteiger partial charge in [-0.05, 0) is 42.3 Å². The van der Waals surface area contributed by atoms with Gasteiger partial charge in [0.2, 0.25) is 15.9 Å². The normalized spacial score (nSPS) is 11.7. The van der Waals surface area contributed by atoms with Crippen molar-refractivity contribution in [2.75, 3.05) is 7.05 Å². The minimum absolute atomic E-state index is 0.177. The van der Waals surface area contributed by atoms with E-state index in [2.05, 4.69) is 10.0 Å². The van der Waals surface area contributed by atoms with Crippen molar-refractivity contribution in [3.05, 3.63) is 58.3 Å². The lowest BCUT2D eigenvalue weighted by atomic mass is 10.2. The van der Waals surface area contributed by atoms with Gasteiger partial charge in [-0.15, -0.1) is 11.3 Å². The van der Waals surface area contributed by atoms with E-state index in [0.29, 0.717) is 5.56 Å². The Balaban J connectivity index is 1.97. The van der Waals surface area contributed by atoms with E-state index in [0.717, 1.165) is 4.88 Å². The molecule has 0 bridgehead atoms. The van der Waals surface area contributed by atoms with E-state index in [1.165, 1.54) is 25.3 Å². The van der Waals surface area contributed by atoms with Crippen molar-refractivity contribution in [2.45, 2.75) is 11.4 Å². The first-order valence-electron chi connectivity index (χ1n) is 6.53. The molecule has 0 atom stereocenters. The molecule has 0 radical (unpaired) electrons. The summed E-state index contributed by atoms with van der Waals surface area (Å²) in [4.78, 5) is 12.9. The number of benzene rings is 1. The quantitative estimate of drug-likeness (QED) is 0.792. The van der Waals surface area contributed by atoms with Gasteiger partial charge in [0.25, 0.3) is 0 Å². The zero-order valence-corrected chi connectivity index (χ0v) is 13.6. The van der Waals surface area contributed by atoms with Crippen LogP contribution in [-0.2, 0) is 21.4 Å². The van der Waals surface area contributed by atoms with Crippen LogP contribution in [0.15, 0.2) is 52.7 Å². The molecule has 0 spiro atoms. The van der Waals surface area contributed by atoms with Crippen LogP contribution in [0.2, 0.25) is 0 Å². The maximum absolute atomic E-state index is 11.7. The molecule has 1 aromatic carbocycles. The second-order valence-corrected chi connectivity index (χ2v) is 7.29. The third-order valence-corrected chi connectivity index (χ3v) is 5.14. The fourth-order valence-corrected chi connectivity index (χ4v) is 3.15. The van der Waals surface area contributed by atoms with Crippen molar-refractivity contribution in [1.29, 1.82) is 0 Å². The van der Waals surface area contributed by atoms with E-state index < -0.39 is 10.0 Å². The number of carbonyl (C=O) groups excluding carboxylic acids is 1. The summed E-state index contributed by atoms with van der Waals surface area (Å²) in [5.74, 6) is -0.227. The highest BCUT2D eigenvalue weighted by Gasteiger charge is 2.11. The highest BCUT2D eigenvalue weighted by atomic mass is 32.2. The van der Waals surface area contributed by atoms with Gasteiger partial charge in [0.05, 0.1) is 4.90 Å². The SMILES string of the molecule is CNS(=O)(=O)c1cccc(CNC(=O)C=Cc2cccs2)c1. The molecule has 22 heavy (non-hydrogen) atoms. The second-order valence-electron chi connectivity index (χ2n) is 4.42. The Morgan fingerprint density at radius 2 is 2.09 bits per heavy atom. The Hall–Kier alpha value is -1.96. The zero-order chi connectivity index (χ0) is 16.0. The average molecular weight is 336 g/mol. The fourth-order valence-electron chi connectivity index (χ4n) is 1.73. The lowest BCUT2D eigenvalue weighted by Crippen LogP contribution is -2.21. The van der Waals surface area contributed by atoms with E-state index in [9.17, 15) is 13.2 Å². The van der Waals surface area contributed by atoms with Gasteiger partial charge >= 0.3 is 0 Å². The number of hydrogen-bond donors (Lipinski definition) is 2. The van der Waals surface area contributed by atoms with Gasteiger partial charge < -0.3 is 5.32 Å². The Morgan fingerprint density at radius 3 is 2.77 bits per heavy atom. The summed E-state index contributed by atoms with van der Waals surface area (Å²) in [6, 6.07) is 10.3. The summed E-state index contributed by atoms with van der Waals surface area (Å²) in [6.45, 7) is 0.265. The predicted molar refractivity (Wildman–Crippen MR) is 87.9 cm³/mol. The van der Waals surface area contributed by atoms with Crippen LogP contribution >= 0.6 is 11.3 Å². The number of hydrogen-bond acceptors (Lipinski definition) is 4. The standard InChI is InChI=1S/C15H16N2O3S2/c1-16-22(19,20)14-6-2-4-12(10-14)11-17-15(18)8-7-13-5-3-9-21-13/h2-10,16H,11H2,1H3,(H,17,18). The molecule has 1 aromatic heterocycles.